The van der Waals surface area contributed by atoms with Crippen LogP contribution in [0.4, 0.5) is 11.4 Å². The molecule has 0 aromatic heterocycles. The van der Waals surface area contributed by atoms with E-state index in [1.165, 1.54) is 25.2 Å². The number of carbonyl (C=O) groups is 1. The molecule has 2 unspecified atom stereocenters. The molecule has 2 N–H and O–H groups in total. The first-order valence-electron chi connectivity index (χ1n) is 5.80. The Morgan fingerprint density at radius 2 is 2.17 bits per heavy atom. The van der Waals surface area contributed by atoms with Crippen LogP contribution in [-0.4, -0.2) is 23.9 Å². The zero-order valence-corrected chi connectivity index (χ0v) is 10.3. The van der Waals surface area contributed by atoms with Gasteiger partial charge in [0.2, 0.25) is 0 Å². The standard InChI is InChI=1S/C12H15N3O3/c1-7-5-9(7)14-10-6-8(12(16)13-2)3-4-11(10)15(17)18/h3-4,6-7,9,14H,5H2,1-2H3,(H,13,16). The highest BCUT2D eigenvalue weighted by molar-refractivity contribution is 5.95. The van der Waals surface area contributed by atoms with Gasteiger partial charge in [-0.3, -0.25) is 14.9 Å². The van der Waals surface area contributed by atoms with Gasteiger partial charge in [0.15, 0.2) is 0 Å². The summed E-state index contributed by atoms with van der Waals surface area (Å²) in [7, 11) is 1.53. The van der Waals surface area contributed by atoms with Gasteiger partial charge in [-0.25, -0.2) is 0 Å². The van der Waals surface area contributed by atoms with Crippen molar-refractivity contribution in [3.05, 3.63) is 33.9 Å². The summed E-state index contributed by atoms with van der Waals surface area (Å²) in [5, 5.41) is 16.5. The van der Waals surface area contributed by atoms with E-state index in [0.717, 1.165) is 6.42 Å². The lowest BCUT2D eigenvalue weighted by molar-refractivity contribution is -0.384. The first-order valence-corrected chi connectivity index (χ1v) is 5.80. The molecule has 1 saturated carbocycles. The smallest absolute Gasteiger partial charge is 0.292 e. The van der Waals surface area contributed by atoms with Crippen LogP contribution in [0.15, 0.2) is 18.2 Å². The monoisotopic (exact) mass is 249 g/mol. The van der Waals surface area contributed by atoms with E-state index in [2.05, 4.69) is 17.6 Å². The lowest BCUT2D eigenvalue weighted by Crippen LogP contribution is -2.18. The number of nitro groups is 1. The van der Waals surface area contributed by atoms with E-state index in [4.69, 9.17) is 0 Å². The van der Waals surface area contributed by atoms with Gasteiger partial charge < -0.3 is 10.6 Å². The van der Waals surface area contributed by atoms with Crippen LogP contribution in [-0.2, 0) is 0 Å². The van der Waals surface area contributed by atoms with E-state index in [9.17, 15) is 14.9 Å². The molecule has 1 fully saturated rings. The summed E-state index contributed by atoms with van der Waals surface area (Å²) in [5.74, 6) is 0.269. The van der Waals surface area contributed by atoms with Crippen molar-refractivity contribution in [2.45, 2.75) is 19.4 Å². The van der Waals surface area contributed by atoms with Crippen molar-refractivity contribution >= 4 is 17.3 Å². The number of nitrogens with one attached hydrogen (secondary N) is 2. The Balaban J connectivity index is 2.31. The molecule has 6 heteroatoms. The van der Waals surface area contributed by atoms with Gasteiger partial charge in [-0.2, -0.15) is 0 Å². The second-order valence-corrected chi connectivity index (χ2v) is 4.53. The Labute approximate surface area is 105 Å². The van der Waals surface area contributed by atoms with Crippen molar-refractivity contribution in [1.82, 2.24) is 5.32 Å². The Bertz CT molecular complexity index is 501. The van der Waals surface area contributed by atoms with E-state index < -0.39 is 4.92 Å². The molecule has 1 aromatic rings. The zero-order chi connectivity index (χ0) is 13.3. The van der Waals surface area contributed by atoms with E-state index in [1.807, 2.05) is 0 Å². The number of amides is 1. The van der Waals surface area contributed by atoms with Crippen LogP contribution in [0, 0.1) is 16.0 Å². The minimum Gasteiger partial charge on any atom is -0.376 e. The average molecular weight is 249 g/mol. The third-order valence-electron chi connectivity index (χ3n) is 3.13. The molecule has 1 aromatic carbocycles. The summed E-state index contributed by atoms with van der Waals surface area (Å²) in [5.41, 5.74) is 0.830. The molecule has 1 amide bonds. The summed E-state index contributed by atoms with van der Waals surface area (Å²) in [6.45, 7) is 2.08. The Morgan fingerprint density at radius 1 is 1.50 bits per heavy atom. The number of benzene rings is 1. The molecular weight excluding hydrogens is 234 g/mol. The summed E-state index contributed by atoms with van der Waals surface area (Å²) in [6.07, 6.45) is 1.00. The third kappa shape index (κ3) is 2.42. The normalized spacial score (nSPS) is 21.2. The highest BCUT2D eigenvalue weighted by Crippen LogP contribution is 2.36. The maximum absolute atomic E-state index is 11.5. The number of nitro benzene ring substituents is 1. The van der Waals surface area contributed by atoms with Gasteiger partial charge in [-0.1, -0.05) is 6.92 Å². The van der Waals surface area contributed by atoms with Crippen LogP contribution in [0.25, 0.3) is 0 Å². The van der Waals surface area contributed by atoms with Gasteiger partial charge in [0.1, 0.15) is 5.69 Å². The summed E-state index contributed by atoms with van der Waals surface area (Å²) in [4.78, 5) is 22.0. The summed E-state index contributed by atoms with van der Waals surface area (Å²) < 4.78 is 0. The highest BCUT2D eigenvalue weighted by atomic mass is 16.6. The van der Waals surface area contributed by atoms with E-state index in [-0.39, 0.29) is 17.6 Å². The first-order chi connectivity index (χ1) is 8.52. The number of rotatable bonds is 4. The summed E-state index contributed by atoms with van der Waals surface area (Å²) in [6, 6.07) is 4.61. The molecule has 0 aliphatic heterocycles. The average Bonchev–Trinajstić information content (AvgIpc) is 3.03. The Morgan fingerprint density at radius 3 is 2.67 bits per heavy atom. The quantitative estimate of drug-likeness (QED) is 0.629. The fraction of sp³-hybridized carbons (Fsp3) is 0.417. The van der Waals surface area contributed by atoms with Crippen LogP contribution in [0.3, 0.4) is 0 Å². The molecule has 18 heavy (non-hydrogen) atoms. The van der Waals surface area contributed by atoms with Gasteiger partial charge in [-0.05, 0) is 24.5 Å². The van der Waals surface area contributed by atoms with Gasteiger partial charge in [0, 0.05) is 24.7 Å². The fourth-order valence-corrected chi connectivity index (χ4v) is 1.82. The van der Waals surface area contributed by atoms with Crippen molar-refractivity contribution in [1.29, 1.82) is 0 Å². The molecule has 0 bridgehead atoms. The predicted octanol–water partition coefficient (Wildman–Crippen LogP) is 1.77. The fourth-order valence-electron chi connectivity index (χ4n) is 1.82. The highest BCUT2D eigenvalue weighted by Gasteiger charge is 2.34. The maximum Gasteiger partial charge on any atom is 0.292 e. The van der Waals surface area contributed by atoms with Gasteiger partial charge >= 0.3 is 0 Å². The minimum absolute atomic E-state index is 0.00162. The van der Waals surface area contributed by atoms with E-state index in [1.54, 1.807) is 0 Å². The Hall–Kier alpha value is -2.11. The van der Waals surface area contributed by atoms with Crippen LogP contribution < -0.4 is 10.6 Å². The van der Waals surface area contributed by atoms with Crippen molar-refractivity contribution in [2.24, 2.45) is 5.92 Å². The predicted molar refractivity (Wildman–Crippen MR) is 67.7 cm³/mol. The first kappa shape index (κ1) is 12.3. The largest absolute Gasteiger partial charge is 0.376 e. The topological polar surface area (TPSA) is 84.3 Å². The number of nitrogens with zero attached hydrogens (tertiary/aromatic N) is 1. The zero-order valence-electron chi connectivity index (χ0n) is 10.3. The third-order valence-corrected chi connectivity index (χ3v) is 3.13. The van der Waals surface area contributed by atoms with Crippen molar-refractivity contribution in [2.75, 3.05) is 12.4 Å². The molecule has 96 valence electrons. The van der Waals surface area contributed by atoms with Crippen LogP contribution >= 0.6 is 0 Å². The molecule has 2 atom stereocenters. The van der Waals surface area contributed by atoms with Crippen LogP contribution in [0.2, 0.25) is 0 Å². The minimum atomic E-state index is -0.441. The van der Waals surface area contributed by atoms with Gasteiger partial charge in [0.25, 0.3) is 11.6 Å². The van der Waals surface area contributed by atoms with Crippen molar-refractivity contribution < 1.29 is 9.72 Å². The van der Waals surface area contributed by atoms with E-state index >= 15 is 0 Å². The van der Waals surface area contributed by atoms with Crippen molar-refractivity contribution in [3.63, 3.8) is 0 Å². The van der Waals surface area contributed by atoms with Crippen LogP contribution in [0.5, 0.6) is 0 Å². The second kappa shape index (κ2) is 4.64. The maximum atomic E-state index is 11.5. The van der Waals surface area contributed by atoms with Crippen molar-refractivity contribution in [3.8, 4) is 0 Å². The number of hydrogen-bond acceptors (Lipinski definition) is 4. The molecule has 0 saturated heterocycles. The SMILES string of the molecule is CNC(=O)c1ccc([N+](=O)[O-])c(NC2CC2C)c1. The lowest BCUT2D eigenvalue weighted by Gasteiger charge is -2.08. The Kier molecular flexibility index (Phi) is 3.18. The molecule has 0 radical (unpaired) electrons. The number of anilines is 1. The molecule has 1 aliphatic rings. The second-order valence-electron chi connectivity index (χ2n) is 4.53. The summed E-state index contributed by atoms with van der Waals surface area (Å²) >= 11 is 0. The van der Waals surface area contributed by atoms with E-state index in [0.29, 0.717) is 17.2 Å². The molecule has 6 nitrogen and oxygen atoms in total. The van der Waals surface area contributed by atoms with Crippen LogP contribution in [0.1, 0.15) is 23.7 Å². The molecular formula is C12H15N3O3. The van der Waals surface area contributed by atoms with Gasteiger partial charge in [-0.15, -0.1) is 0 Å². The number of hydrogen-bond donors (Lipinski definition) is 2. The number of carbonyl (C=O) groups excluding carboxylic acids is 1. The molecule has 1 aliphatic carbocycles. The lowest BCUT2D eigenvalue weighted by atomic mass is 10.1. The molecule has 0 spiro atoms. The molecule has 2 rings (SSSR count). The van der Waals surface area contributed by atoms with Gasteiger partial charge in [0.05, 0.1) is 4.92 Å². The molecule has 0 heterocycles.